The molecule has 0 spiro atoms. The summed E-state index contributed by atoms with van der Waals surface area (Å²) in [6.45, 7) is 1.97. The van der Waals surface area contributed by atoms with Crippen molar-refractivity contribution >= 4 is 44.7 Å². The summed E-state index contributed by atoms with van der Waals surface area (Å²) in [4.78, 5) is 0.293. The van der Waals surface area contributed by atoms with Gasteiger partial charge >= 0.3 is 0 Å². The van der Waals surface area contributed by atoms with Gasteiger partial charge in [0, 0.05) is 4.47 Å². The Morgan fingerprint density at radius 2 is 1.95 bits per heavy atom. The Balaban J connectivity index is 2.45. The molecule has 0 radical (unpaired) electrons. The van der Waals surface area contributed by atoms with Crippen molar-refractivity contribution in [1.82, 2.24) is 0 Å². The number of hydrogen-bond donors (Lipinski definition) is 1. The highest BCUT2D eigenvalue weighted by Crippen LogP contribution is 2.33. The van der Waals surface area contributed by atoms with Crippen molar-refractivity contribution in [2.45, 2.75) is 6.92 Å². The van der Waals surface area contributed by atoms with Crippen molar-refractivity contribution in [1.29, 1.82) is 0 Å². The highest BCUT2D eigenvalue weighted by Gasteiger charge is 2.10. The fourth-order valence-corrected chi connectivity index (χ4v) is 2.26. The maximum atomic E-state index is 6.11. The normalized spacial score (nSPS) is 10.3. The zero-order chi connectivity index (χ0) is 14.0. The third-order valence-corrected chi connectivity index (χ3v) is 3.54. The monoisotopic (exact) mass is 355 g/mol. The molecule has 0 aliphatic carbocycles. The van der Waals surface area contributed by atoms with E-state index in [0.29, 0.717) is 27.1 Å². The van der Waals surface area contributed by atoms with E-state index in [4.69, 9.17) is 34.3 Å². The first kappa shape index (κ1) is 14.3. The van der Waals surface area contributed by atoms with Crippen LogP contribution in [-0.4, -0.2) is 4.99 Å². The lowest BCUT2D eigenvalue weighted by molar-refractivity contribution is 0.481. The van der Waals surface area contributed by atoms with Crippen molar-refractivity contribution in [2.24, 2.45) is 5.73 Å². The Morgan fingerprint density at radius 1 is 1.21 bits per heavy atom. The predicted octanol–water partition coefficient (Wildman–Crippen LogP) is 4.84. The average molecular weight is 357 g/mol. The topological polar surface area (TPSA) is 35.2 Å². The second kappa shape index (κ2) is 5.90. The van der Waals surface area contributed by atoms with Gasteiger partial charge < -0.3 is 10.5 Å². The van der Waals surface area contributed by atoms with Crippen LogP contribution in [0, 0.1) is 6.92 Å². The lowest BCUT2D eigenvalue weighted by Crippen LogP contribution is -2.10. The van der Waals surface area contributed by atoms with E-state index >= 15 is 0 Å². The van der Waals surface area contributed by atoms with Crippen LogP contribution in [0.25, 0.3) is 0 Å². The summed E-state index contributed by atoms with van der Waals surface area (Å²) in [5, 5.41) is 0.526. The van der Waals surface area contributed by atoms with E-state index in [1.807, 2.05) is 31.2 Å². The van der Waals surface area contributed by atoms with E-state index < -0.39 is 0 Å². The quantitative estimate of drug-likeness (QED) is 0.799. The first-order valence-electron chi connectivity index (χ1n) is 5.51. The summed E-state index contributed by atoms with van der Waals surface area (Å²) < 4.78 is 6.72. The Bertz CT molecular complexity index is 645. The molecule has 0 aromatic heterocycles. The van der Waals surface area contributed by atoms with Gasteiger partial charge in [0.05, 0.1) is 10.6 Å². The number of nitrogens with two attached hydrogens (primary N) is 1. The van der Waals surface area contributed by atoms with Gasteiger partial charge in [0.25, 0.3) is 0 Å². The van der Waals surface area contributed by atoms with E-state index in [1.54, 1.807) is 12.1 Å². The van der Waals surface area contributed by atoms with Crippen molar-refractivity contribution < 1.29 is 4.74 Å². The fraction of sp³-hybridized carbons (Fsp3) is 0.0714. The lowest BCUT2D eigenvalue weighted by atomic mass is 10.1. The summed E-state index contributed by atoms with van der Waals surface area (Å²) in [7, 11) is 0. The van der Waals surface area contributed by atoms with E-state index in [-0.39, 0.29) is 0 Å². The molecule has 2 aromatic carbocycles. The van der Waals surface area contributed by atoms with E-state index in [9.17, 15) is 0 Å². The Hall–Kier alpha value is -1.10. The minimum absolute atomic E-state index is 0.293. The maximum absolute atomic E-state index is 6.11. The van der Waals surface area contributed by atoms with Gasteiger partial charge in [0.2, 0.25) is 0 Å². The van der Waals surface area contributed by atoms with Gasteiger partial charge in [-0.1, -0.05) is 45.8 Å². The summed E-state index contributed by atoms with van der Waals surface area (Å²) in [5.74, 6) is 1.16. The van der Waals surface area contributed by atoms with Gasteiger partial charge in [-0.25, -0.2) is 0 Å². The van der Waals surface area contributed by atoms with Gasteiger partial charge in [0.1, 0.15) is 16.5 Å². The Morgan fingerprint density at radius 3 is 2.63 bits per heavy atom. The molecule has 5 heteroatoms. The van der Waals surface area contributed by atoms with E-state index in [1.165, 1.54) is 0 Å². The molecule has 0 amide bonds. The average Bonchev–Trinajstić information content (AvgIpc) is 2.33. The molecule has 2 nitrogen and oxygen atoms in total. The van der Waals surface area contributed by atoms with Crippen LogP contribution >= 0.6 is 39.7 Å². The van der Waals surface area contributed by atoms with Crippen LogP contribution in [0.5, 0.6) is 11.5 Å². The molecule has 0 heterocycles. The minimum atomic E-state index is 0.293. The molecule has 98 valence electrons. The largest absolute Gasteiger partial charge is 0.455 e. The second-order valence-corrected chi connectivity index (χ2v) is 5.80. The van der Waals surface area contributed by atoms with Crippen molar-refractivity contribution in [3.63, 3.8) is 0 Å². The zero-order valence-electron chi connectivity index (χ0n) is 10.1. The molecule has 0 saturated carbocycles. The lowest BCUT2D eigenvalue weighted by Gasteiger charge is -2.12. The molecule has 0 aliphatic heterocycles. The first-order valence-corrected chi connectivity index (χ1v) is 7.08. The van der Waals surface area contributed by atoms with Gasteiger partial charge in [-0.05, 0) is 42.8 Å². The van der Waals surface area contributed by atoms with Crippen LogP contribution in [0.15, 0.2) is 40.9 Å². The first-order chi connectivity index (χ1) is 8.97. The number of benzene rings is 2. The van der Waals surface area contributed by atoms with Crippen molar-refractivity contribution in [3.05, 3.63) is 57.0 Å². The van der Waals surface area contributed by atoms with E-state index in [0.717, 1.165) is 10.0 Å². The highest BCUT2D eigenvalue weighted by atomic mass is 79.9. The highest BCUT2D eigenvalue weighted by molar-refractivity contribution is 9.10. The van der Waals surface area contributed by atoms with Crippen LogP contribution in [0.2, 0.25) is 5.02 Å². The van der Waals surface area contributed by atoms with E-state index in [2.05, 4.69) is 15.9 Å². The third kappa shape index (κ3) is 3.47. The van der Waals surface area contributed by atoms with Crippen LogP contribution in [0.4, 0.5) is 0 Å². The summed E-state index contributed by atoms with van der Waals surface area (Å²) in [6.07, 6.45) is 0. The van der Waals surface area contributed by atoms with Crippen LogP contribution < -0.4 is 10.5 Å². The molecule has 2 rings (SSSR count). The van der Waals surface area contributed by atoms with Crippen LogP contribution in [0.1, 0.15) is 11.1 Å². The molecule has 2 N–H and O–H groups in total. The number of halogens is 2. The molecule has 2 aromatic rings. The summed E-state index contributed by atoms with van der Waals surface area (Å²) >= 11 is 14.5. The predicted molar refractivity (Wildman–Crippen MR) is 86.3 cm³/mol. The number of ether oxygens (including phenoxy) is 1. The number of rotatable bonds is 3. The number of aryl methyl sites for hydroxylation is 1. The molecule has 0 bridgehead atoms. The smallest absolute Gasteiger partial charge is 0.147 e. The van der Waals surface area contributed by atoms with Gasteiger partial charge in [-0.3, -0.25) is 0 Å². The Labute approximate surface area is 130 Å². The maximum Gasteiger partial charge on any atom is 0.147 e. The minimum Gasteiger partial charge on any atom is -0.455 e. The molecular formula is C14H11BrClNOS. The van der Waals surface area contributed by atoms with Gasteiger partial charge in [-0.2, -0.15) is 0 Å². The Kier molecular flexibility index (Phi) is 4.45. The summed E-state index contributed by atoms with van der Waals surface area (Å²) in [6, 6.07) is 11.1. The van der Waals surface area contributed by atoms with Crippen LogP contribution in [0.3, 0.4) is 0 Å². The van der Waals surface area contributed by atoms with Gasteiger partial charge in [0.15, 0.2) is 0 Å². The molecular weight excluding hydrogens is 346 g/mol. The second-order valence-electron chi connectivity index (χ2n) is 4.04. The van der Waals surface area contributed by atoms with Gasteiger partial charge in [-0.15, -0.1) is 0 Å². The fourth-order valence-electron chi connectivity index (χ4n) is 1.59. The zero-order valence-corrected chi connectivity index (χ0v) is 13.3. The molecule has 0 unspecified atom stereocenters. The molecule has 0 saturated heterocycles. The molecule has 0 atom stereocenters. The summed E-state index contributed by atoms with van der Waals surface area (Å²) in [5.41, 5.74) is 7.44. The number of hydrogen-bond acceptors (Lipinski definition) is 2. The van der Waals surface area contributed by atoms with Crippen LogP contribution in [-0.2, 0) is 0 Å². The standard InChI is InChI=1S/C14H11BrClNOS/c1-8-2-4-10(14(17)19)12(6-8)18-13-7-9(15)3-5-11(13)16/h2-7H,1H3,(H2,17,19). The molecule has 0 aliphatic rings. The van der Waals surface area contributed by atoms with Crippen molar-refractivity contribution in [2.75, 3.05) is 0 Å². The van der Waals surface area contributed by atoms with Crippen molar-refractivity contribution in [3.8, 4) is 11.5 Å². The molecule has 0 fully saturated rings. The SMILES string of the molecule is Cc1ccc(C(N)=S)c(Oc2cc(Br)ccc2Cl)c1. The third-order valence-electron chi connectivity index (χ3n) is 2.52. The number of thiocarbonyl (C=S) groups is 1. The molecule has 19 heavy (non-hydrogen) atoms.